The molecule has 0 aliphatic carbocycles. The molecular formula is C21H31BO3S. The molecule has 5 heteroatoms. The first-order chi connectivity index (χ1) is 11.8. The fraction of sp³-hybridized carbons (Fsp3) is 0.571. The van der Waals surface area contributed by atoms with Gasteiger partial charge in [-0.25, -0.2) is 0 Å². The van der Waals surface area contributed by atoms with E-state index in [0.717, 1.165) is 11.0 Å². The van der Waals surface area contributed by atoms with Crippen molar-refractivity contribution in [3.8, 4) is 0 Å². The summed E-state index contributed by atoms with van der Waals surface area (Å²) >= 11 is 1.29. The second-order valence-electron chi connectivity index (χ2n) is 8.96. The second kappa shape index (κ2) is 7.53. The van der Waals surface area contributed by atoms with Gasteiger partial charge in [-0.2, -0.15) is 0 Å². The Hall–Kier alpha value is -1.04. The van der Waals surface area contributed by atoms with E-state index in [1.165, 1.54) is 17.3 Å². The summed E-state index contributed by atoms with van der Waals surface area (Å²) in [4.78, 5) is 11.5. The van der Waals surface area contributed by atoms with Crippen LogP contribution in [0.4, 0.5) is 0 Å². The monoisotopic (exact) mass is 374 g/mol. The Morgan fingerprint density at radius 3 is 2.23 bits per heavy atom. The minimum atomic E-state index is -0.440. The molecule has 1 saturated heterocycles. The smallest absolute Gasteiger partial charge is 0.400 e. The maximum atomic E-state index is 11.5. The SMILES string of the molecule is CC(=O)SCC(=Cc1cccc(C(C)(C)C)c1)B1OC(C)(C)C(C)(C)O1. The van der Waals surface area contributed by atoms with Gasteiger partial charge < -0.3 is 9.31 Å². The van der Waals surface area contributed by atoms with E-state index in [1.807, 2.05) is 27.7 Å². The average Bonchev–Trinajstić information content (AvgIpc) is 2.71. The van der Waals surface area contributed by atoms with Crippen LogP contribution in [0.3, 0.4) is 0 Å². The summed E-state index contributed by atoms with van der Waals surface area (Å²) in [5.41, 5.74) is 2.65. The van der Waals surface area contributed by atoms with E-state index >= 15 is 0 Å². The van der Waals surface area contributed by atoms with Crippen LogP contribution in [0, 0.1) is 0 Å². The summed E-state index contributed by atoms with van der Waals surface area (Å²) in [5, 5.41) is 0.0934. The molecule has 26 heavy (non-hydrogen) atoms. The number of carbonyl (C=O) groups is 1. The summed E-state index contributed by atoms with van der Waals surface area (Å²) in [6.07, 6.45) is 2.10. The van der Waals surface area contributed by atoms with Crippen LogP contribution >= 0.6 is 11.8 Å². The number of benzene rings is 1. The molecule has 3 nitrogen and oxygen atoms in total. The third-order valence-corrected chi connectivity index (χ3v) is 5.99. The summed E-state index contributed by atoms with van der Waals surface area (Å²) in [5.74, 6) is 0.561. The molecule has 0 amide bonds. The lowest BCUT2D eigenvalue weighted by Gasteiger charge is -2.32. The highest BCUT2D eigenvalue weighted by atomic mass is 32.2. The molecule has 0 spiro atoms. The van der Waals surface area contributed by atoms with E-state index in [2.05, 4.69) is 51.1 Å². The Balaban J connectivity index is 2.37. The first-order valence-corrected chi connectivity index (χ1v) is 10.1. The quantitative estimate of drug-likeness (QED) is 0.672. The standard InChI is InChI=1S/C21H31BO3S/c1-15(23)26-14-18(22-24-20(5,6)21(7,8)25-22)13-16-10-9-11-17(12-16)19(2,3)4/h9-13H,14H2,1-8H3. The Bertz CT molecular complexity index is 685. The second-order valence-corrected chi connectivity index (χ2v) is 10.1. The highest BCUT2D eigenvalue weighted by Crippen LogP contribution is 2.39. The van der Waals surface area contributed by atoms with Crippen LogP contribution < -0.4 is 0 Å². The van der Waals surface area contributed by atoms with E-state index in [0.29, 0.717) is 5.75 Å². The molecule has 0 aromatic heterocycles. The predicted molar refractivity (Wildman–Crippen MR) is 112 cm³/mol. The third-order valence-electron chi connectivity index (χ3n) is 5.10. The lowest BCUT2D eigenvalue weighted by atomic mass is 9.77. The summed E-state index contributed by atoms with van der Waals surface area (Å²) in [6.45, 7) is 16.4. The van der Waals surface area contributed by atoms with Gasteiger partial charge in [0, 0.05) is 12.7 Å². The molecule has 1 aliphatic heterocycles. The van der Waals surface area contributed by atoms with Crippen molar-refractivity contribution in [1.29, 1.82) is 0 Å². The molecule has 1 heterocycles. The van der Waals surface area contributed by atoms with Crippen LogP contribution in [-0.4, -0.2) is 29.2 Å². The molecule has 0 atom stereocenters. The van der Waals surface area contributed by atoms with Gasteiger partial charge in [-0.3, -0.25) is 4.79 Å². The van der Waals surface area contributed by atoms with Crippen molar-refractivity contribution in [3.05, 3.63) is 40.9 Å². The van der Waals surface area contributed by atoms with Gasteiger partial charge in [-0.15, -0.1) is 0 Å². The normalized spacial score (nSPS) is 19.7. The topological polar surface area (TPSA) is 35.5 Å². The molecule has 1 aliphatic rings. The van der Waals surface area contributed by atoms with E-state index in [4.69, 9.17) is 9.31 Å². The minimum absolute atomic E-state index is 0.0858. The fourth-order valence-corrected chi connectivity index (χ4v) is 3.26. The Kier molecular flexibility index (Phi) is 6.16. The highest BCUT2D eigenvalue weighted by molar-refractivity contribution is 8.13. The van der Waals surface area contributed by atoms with Gasteiger partial charge in [0.15, 0.2) is 5.12 Å². The van der Waals surface area contributed by atoms with Gasteiger partial charge in [-0.05, 0) is 49.7 Å². The lowest BCUT2D eigenvalue weighted by Crippen LogP contribution is -2.41. The van der Waals surface area contributed by atoms with E-state index in [1.54, 1.807) is 6.92 Å². The van der Waals surface area contributed by atoms with Crippen LogP contribution in [0.15, 0.2) is 29.7 Å². The number of rotatable bonds is 4. The molecule has 2 rings (SSSR count). The van der Waals surface area contributed by atoms with Crippen molar-refractivity contribution in [2.45, 2.75) is 72.0 Å². The van der Waals surface area contributed by atoms with E-state index in [-0.39, 0.29) is 10.5 Å². The molecule has 142 valence electrons. The zero-order chi connectivity index (χ0) is 19.8. The Morgan fingerprint density at radius 1 is 1.15 bits per heavy atom. The van der Waals surface area contributed by atoms with Gasteiger partial charge in [-0.1, -0.05) is 62.9 Å². The van der Waals surface area contributed by atoms with E-state index < -0.39 is 18.3 Å². The first-order valence-electron chi connectivity index (χ1n) is 9.12. The van der Waals surface area contributed by atoms with Gasteiger partial charge in [0.05, 0.1) is 11.2 Å². The van der Waals surface area contributed by atoms with Crippen molar-refractivity contribution >= 4 is 30.1 Å². The maximum absolute atomic E-state index is 11.5. The molecule has 0 unspecified atom stereocenters. The Morgan fingerprint density at radius 2 is 1.73 bits per heavy atom. The van der Waals surface area contributed by atoms with Crippen molar-refractivity contribution in [1.82, 2.24) is 0 Å². The largest absolute Gasteiger partial charge is 0.491 e. The maximum Gasteiger partial charge on any atom is 0.491 e. The molecule has 0 bridgehead atoms. The molecule has 0 radical (unpaired) electrons. The summed E-state index contributed by atoms with van der Waals surface area (Å²) in [7, 11) is -0.440. The zero-order valence-corrected chi connectivity index (χ0v) is 18.1. The van der Waals surface area contributed by atoms with Crippen molar-refractivity contribution in [2.75, 3.05) is 5.75 Å². The van der Waals surface area contributed by atoms with Crippen LogP contribution in [0.25, 0.3) is 6.08 Å². The number of hydrogen-bond donors (Lipinski definition) is 0. The van der Waals surface area contributed by atoms with Gasteiger partial charge in [0.25, 0.3) is 0 Å². The highest BCUT2D eigenvalue weighted by Gasteiger charge is 2.52. The first kappa shape index (κ1) is 21.3. The molecule has 0 N–H and O–H groups in total. The lowest BCUT2D eigenvalue weighted by molar-refractivity contribution is -0.109. The molecule has 1 aromatic rings. The van der Waals surface area contributed by atoms with Crippen LogP contribution in [-0.2, 0) is 19.5 Å². The van der Waals surface area contributed by atoms with Gasteiger partial charge >= 0.3 is 7.12 Å². The van der Waals surface area contributed by atoms with Crippen molar-refractivity contribution in [2.24, 2.45) is 0 Å². The molecular weight excluding hydrogens is 343 g/mol. The van der Waals surface area contributed by atoms with Crippen LogP contribution in [0.5, 0.6) is 0 Å². The van der Waals surface area contributed by atoms with E-state index in [9.17, 15) is 4.79 Å². The summed E-state index contributed by atoms with van der Waals surface area (Å²) in [6, 6.07) is 8.51. The van der Waals surface area contributed by atoms with Crippen molar-refractivity contribution in [3.63, 3.8) is 0 Å². The van der Waals surface area contributed by atoms with Gasteiger partial charge in [0.1, 0.15) is 0 Å². The van der Waals surface area contributed by atoms with Crippen LogP contribution in [0.2, 0.25) is 0 Å². The van der Waals surface area contributed by atoms with Crippen molar-refractivity contribution < 1.29 is 14.1 Å². The predicted octanol–water partition coefficient (Wildman–Crippen LogP) is 5.28. The Labute approximate surface area is 163 Å². The minimum Gasteiger partial charge on any atom is -0.400 e. The molecule has 1 fully saturated rings. The van der Waals surface area contributed by atoms with Gasteiger partial charge in [0.2, 0.25) is 0 Å². The number of carbonyl (C=O) groups excluding carboxylic acids is 1. The third kappa shape index (κ3) is 5.02. The zero-order valence-electron chi connectivity index (χ0n) is 17.3. The average molecular weight is 374 g/mol. The molecule has 1 aromatic carbocycles. The van der Waals surface area contributed by atoms with Crippen LogP contribution in [0.1, 0.15) is 66.5 Å². The number of thioether (sulfide) groups is 1. The fourth-order valence-electron chi connectivity index (χ4n) is 2.67. The molecule has 0 saturated carbocycles. The number of hydrogen-bond acceptors (Lipinski definition) is 4. The summed E-state index contributed by atoms with van der Waals surface area (Å²) < 4.78 is 12.4.